The number of rotatable bonds is 7. The van der Waals surface area contributed by atoms with Crippen LogP contribution in [0.3, 0.4) is 0 Å². The molecule has 0 saturated heterocycles. The summed E-state index contributed by atoms with van der Waals surface area (Å²) in [5.41, 5.74) is 0.890. The molecular formula is C30H30O4. The number of ether oxygens (including phenoxy) is 2. The maximum Gasteiger partial charge on any atom is 0.119 e. The van der Waals surface area contributed by atoms with Crippen LogP contribution in [0.1, 0.15) is 29.4 Å². The summed E-state index contributed by atoms with van der Waals surface area (Å²) in [5, 5.41) is 24.1. The Morgan fingerprint density at radius 3 is 2.00 bits per heavy atom. The van der Waals surface area contributed by atoms with E-state index in [1.54, 1.807) is 14.2 Å². The second-order valence-electron chi connectivity index (χ2n) is 9.18. The summed E-state index contributed by atoms with van der Waals surface area (Å²) < 4.78 is 11.1. The van der Waals surface area contributed by atoms with Gasteiger partial charge in [-0.15, -0.1) is 0 Å². The van der Waals surface area contributed by atoms with Gasteiger partial charge in [-0.05, 0) is 105 Å². The Bertz CT molecular complexity index is 962. The molecule has 2 aromatic rings. The molecule has 34 heavy (non-hydrogen) atoms. The number of aliphatic hydroxyl groups is 2. The van der Waals surface area contributed by atoms with Crippen LogP contribution in [0.5, 0.6) is 11.5 Å². The zero-order valence-corrected chi connectivity index (χ0v) is 19.5. The molecule has 3 aliphatic rings. The van der Waals surface area contributed by atoms with Crippen molar-refractivity contribution in [2.75, 3.05) is 14.2 Å². The summed E-state index contributed by atoms with van der Waals surface area (Å²) in [4.78, 5) is 0. The molecule has 10 radical (unpaired) electrons. The molecule has 0 bridgehead atoms. The molecule has 0 amide bonds. The van der Waals surface area contributed by atoms with Gasteiger partial charge in [0.05, 0.1) is 25.9 Å². The van der Waals surface area contributed by atoms with Crippen LogP contribution in [0.25, 0.3) is 0 Å². The topological polar surface area (TPSA) is 58.9 Å². The molecule has 2 aromatic carbocycles. The van der Waals surface area contributed by atoms with Gasteiger partial charge in [-0.3, -0.25) is 0 Å². The Morgan fingerprint density at radius 2 is 1.38 bits per heavy atom. The number of methoxy groups -OCH3 is 2. The molecule has 0 spiro atoms. The van der Waals surface area contributed by atoms with E-state index in [2.05, 4.69) is 12.1 Å². The van der Waals surface area contributed by atoms with Crippen molar-refractivity contribution in [2.45, 2.75) is 30.0 Å². The number of benzene rings is 2. The zero-order valence-electron chi connectivity index (χ0n) is 19.5. The third-order valence-corrected chi connectivity index (χ3v) is 7.44. The Labute approximate surface area is 204 Å². The van der Waals surface area contributed by atoms with Crippen LogP contribution < -0.4 is 9.47 Å². The summed E-state index contributed by atoms with van der Waals surface area (Å²) in [5.74, 6) is 2.51. The van der Waals surface area contributed by atoms with Crippen molar-refractivity contribution >= 4 is 0 Å². The van der Waals surface area contributed by atoms with Crippen molar-refractivity contribution in [3.63, 3.8) is 0 Å². The molecule has 174 valence electrons. The minimum absolute atomic E-state index is 0.0447. The van der Waals surface area contributed by atoms with E-state index in [1.807, 2.05) is 87.8 Å². The van der Waals surface area contributed by atoms with Gasteiger partial charge in [0.2, 0.25) is 0 Å². The van der Waals surface area contributed by atoms with Crippen molar-refractivity contribution in [1.29, 1.82) is 0 Å². The lowest BCUT2D eigenvalue weighted by Crippen LogP contribution is -2.48. The van der Waals surface area contributed by atoms with Crippen LogP contribution in [0.4, 0.5) is 0 Å². The lowest BCUT2D eigenvalue weighted by molar-refractivity contribution is -0.0334. The number of hydrogen-bond acceptors (Lipinski definition) is 4. The first-order valence-electron chi connectivity index (χ1n) is 11.7. The van der Waals surface area contributed by atoms with E-state index < -0.39 is 17.6 Å². The molecule has 5 atom stereocenters. The van der Waals surface area contributed by atoms with Gasteiger partial charge in [-0.1, -0.05) is 24.3 Å². The summed E-state index contributed by atoms with van der Waals surface area (Å²) in [6.45, 7) is 0. The molecule has 3 fully saturated rings. The van der Waals surface area contributed by atoms with Gasteiger partial charge in [-0.2, -0.15) is 0 Å². The molecule has 0 unspecified atom stereocenters. The number of hydrogen-bond donors (Lipinski definition) is 2. The standard InChI is InChI=1S/C30H30O4/c1-33-24-15-7-11-21(17-24)26-19-30(32,23-13-5-6-14-23)28(29(31)20-9-3-4-10-20)27(26)22-12-8-16-25(18-22)34-2/h3-18,26-29,31-32H,19H2,1-2H3/t26-,27+,28-,29-,30+/m1/s1. The summed E-state index contributed by atoms with van der Waals surface area (Å²) in [6, 6.07) is 16.0. The summed E-state index contributed by atoms with van der Waals surface area (Å²) in [6.07, 6.45) is 15.1. The maximum atomic E-state index is 12.4. The molecule has 0 heterocycles. The average molecular weight is 455 g/mol. The first-order chi connectivity index (χ1) is 16.5. The normalized spacial score (nSPS) is 31.1. The molecule has 0 aliphatic heterocycles. The van der Waals surface area contributed by atoms with E-state index in [0.29, 0.717) is 6.42 Å². The van der Waals surface area contributed by atoms with Crippen LogP contribution in [-0.2, 0) is 0 Å². The summed E-state index contributed by atoms with van der Waals surface area (Å²) in [7, 11) is 3.32. The summed E-state index contributed by atoms with van der Waals surface area (Å²) >= 11 is 0. The molecule has 2 N–H and O–H groups in total. The first-order valence-corrected chi connectivity index (χ1v) is 11.7. The highest BCUT2D eigenvalue weighted by Gasteiger charge is 2.60. The quantitative estimate of drug-likeness (QED) is 0.647. The monoisotopic (exact) mass is 454 g/mol. The fourth-order valence-electron chi connectivity index (χ4n) is 5.86. The second kappa shape index (κ2) is 9.91. The molecular weight excluding hydrogens is 424 g/mol. The van der Waals surface area contributed by atoms with E-state index >= 15 is 0 Å². The van der Waals surface area contributed by atoms with E-state index in [-0.39, 0.29) is 11.8 Å². The molecule has 3 aliphatic carbocycles. The highest BCUT2D eigenvalue weighted by atomic mass is 16.5. The largest absolute Gasteiger partial charge is 0.497 e. The Kier molecular flexibility index (Phi) is 6.90. The van der Waals surface area contributed by atoms with E-state index in [9.17, 15) is 10.2 Å². The molecule has 4 nitrogen and oxygen atoms in total. The highest BCUT2D eigenvalue weighted by Crippen LogP contribution is 2.62. The molecule has 0 aromatic heterocycles. The van der Waals surface area contributed by atoms with Crippen LogP contribution in [-0.4, -0.2) is 36.1 Å². The van der Waals surface area contributed by atoms with Gasteiger partial charge >= 0.3 is 0 Å². The van der Waals surface area contributed by atoms with Gasteiger partial charge in [0, 0.05) is 17.8 Å². The van der Waals surface area contributed by atoms with Crippen molar-refractivity contribution in [2.24, 2.45) is 5.92 Å². The van der Waals surface area contributed by atoms with Crippen LogP contribution in [0.15, 0.2) is 48.5 Å². The Balaban J connectivity index is 1.64. The van der Waals surface area contributed by atoms with Crippen molar-refractivity contribution in [3.8, 4) is 11.5 Å². The van der Waals surface area contributed by atoms with Gasteiger partial charge in [0.1, 0.15) is 11.5 Å². The Hall–Kier alpha value is -2.04. The smallest absolute Gasteiger partial charge is 0.119 e. The van der Waals surface area contributed by atoms with E-state index in [1.165, 1.54) is 0 Å². The Morgan fingerprint density at radius 1 is 0.824 bits per heavy atom. The molecule has 3 saturated carbocycles. The van der Waals surface area contributed by atoms with Crippen LogP contribution >= 0.6 is 0 Å². The molecule has 4 heteroatoms. The van der Waals surface area contributed by atoms with Gasteiger partial charge in [-0.25, -0.2) is 0 Å². The van der Waals surface area contributed by atoms with Crippen LogP contribution in [0, 0.1) is 69.1 Å². The van der Waals surface area contributed by atoms with Crippen molar-refractivity contribution < 1.29 is 19.7 Å². The van der Waals surface area contributed by atoms with E-state index in [4.69, 9.17) is 9.47 Å². The zero-order chi connectivity index (χ0) is 23.7. The van der Waals surface area contributed by atoms with Gasteiger partial charge in [0.25, 0.3) is 0 Å². The lowest BCUT2D eigenvalue weighted by Gasteiger charge is -2.41. The SMILES string of the molecule is COc1cccc([C@@H]2[C@H]([C@H](O)[C]3[CH][CH][CH][CH]3)[C@@](O)([C]3[CH][CH][CH][CH]3)C[C@@H]2c2cccc(OC)c2)c1. The molecule has 5 rings (SSSR count). The van der Waals surface area contributed by atoms with Crippen LogP contribution in [0.2, 0.25) is 0 Å². The fourth-order valence-corrected chi connectivity index (χ4v) is 5.86. The number of aliphatic hydroxyl groups excluding tert-OH is 1. The maximum absolute atomic E-state index is 12.4. The average Bonchev–Trinajstić information content (AvgIpc) is 3.64. The fraction of sp³-hybridized carbons (Fsp3) is 0.267. The van der Waals surface area contributed by atoms with Crippen molar-refractivity contribution in [1.82, 2.24) is 0 Å². The van der Waals surface area contributed by atoms with Crippen molar-refractivity contribution in [3.05, 3.63) is 123 Å². The van der Waals surface area contributed by atoms with Gasteiger partial charge < -0.3 is 19.7 Å². The third-order valence-electron chi connectivity index (χ3n) is 7.44. The lowest BCUT2D eigenvalue weighted by atomic mass is 9.68. The predicted molar refractivity (Wildman–Crippen MR) is 131 cm³/mol. The predicted octanol–water partition coefficient (Wildman–Crippen LogP) is 4.49. The van der Waals surface area contributed by atoms with E-state index in [0.717, 1.165) is 34.5 Å². The minimum atomic E-state index is -1.22. The third kappa shape index (κ3) is 4.24. The van der Waals surface area contributed by atoms with Gasteiger partial charge in [0.15, 0.2) is 0 Å². The highest BCUT2D eigenvalue weighted by molar-refractivity contribution is 5.50. The minimum Gasteiger partial charge on any atom is -0.497 e. The second-order valence-corrected chi connectivity index (χ2v) is 9.18. The first kappa shape index (κ1) is 23.7.